The van der Waals surface area contributed by atoms with Gasteiger partial charge in [-0.05, 0) is 42.5 Å². The van der Waals surface area contributed by atoms with Crippen molar-refractivity contribution in [3.05, 3.63) is 77.5 Å². The molecular weight excluding hydrogens is 466 g/mol. The van der Waals surface area contributed by atoms with E-state index in [2.05, 4.69) is 24.1 Å². The fourth-order valence-corrected chi connectivity index (χ4v) is 4.10. The third-order valence-corrected chi connectivity index (χ3v) is 6.18. The fraction of sp³-hybridized carbons (Fsp3) is 0.393. The van der Waals surface area contributed by atoms with E-state index < -0.39 is 35.7 Å². The number of nitrogens with zero attached hydrogens (tertiary/aromatic N) is 1. The van der Waals surface area contributed by atoms with Gasteiger partial charge in [0.2, 0.25) is 5.91 Å². The number of esters is 1. The largest absolute Gasteiger partial charge is 0.456 e. The fourth-order valence-electron chi connectivity index (χ4n) is 4.10. The maximum Gasteiger partial charge on any atom is 0.340 e. The van der Waals surface area contributed by atoms with Crippen LogP contribution in [0.15, 0.2) is 54.7 Å². The van der Waals surface area contributed by atoms with Gasteiger partial charge in [-0.2, -0.15) is 0 Å². The number of hydrogen-bond donors (Lipinski definition) is 2. The number of aliphatic hydroxyl groups is 1. The van der Waals surface area contributed by atoms with Crippen LogP contribution in [0.25, 0.3) is 10.9 Å². The molecule has 1 amide bonds. The molecule has 0 saturated heterocycles. The second-order valence-electron chi connectivity index (χ2n) is 9.38. The molecule has 0 unspecified atom stereocenters. The van der Waals surface area contributed by atoms with Gasteiger partial charge in [0.25, 0.3) is 0 Å². The molecule has 192 valence electrons. The Morgan fingerprint density at radius 2 is 1.81 bits per heavy atom. The lowest BCUT2D eigenvalue weighted by molar-refractivity contribution is -0.126. The number of fused-ring (bicyclic) bond motifs is 1. The lowest BCUT2D eigenvalue weighted by Crippen LogP contribution is -2.38. The first-order chi connectivity index (χ1) is 17.2. The van der Waals surface area contributed by atoms with Crippen molar-refractivity contribution in [3.63, 3.8) is 0 Å². The second kappa shape index (κ2) is 12.5. The summed E-state index contributed by atoms with van der Waals surface area (Å²) in [6.07, 6.45) is 0.840. The summed E-state index contributed by atoms with van der Waals surface area (Å²) in [4.78, 5) is 29.4. The summed E-state index contributed by atoms with van der Waals surface area (Å²) < 4.78 is 33.2. The highest BCUT2D eigenvalue weighted by molar-refractivity contribution is 5.93. The van der Waals surface area contributed by atoms with Gasteiger partial charge >= 0.3 is 5.97 Å². The number of benzene rings is 2. The summed E-state index contributed by atoms with van der Waals surface area (Å²) in [5, 5.41) is 14.0. The van der Waals surface area contributed by atoms with Crippen LogP contribution in [0.2, 0.25) is 0 Å². The third-order valence-electron chi connectivity index (χ3n) is 6.18. The van der Waals surface area contributed by atoms with Crippen molar-refractivity contribution in [2.75, 3.05) is 7.05 Å². The average Bonchev–Trinajstić information content (AvgIpc) is 2.87. The Balaban J connectivity index is 1.83. The second-order valence-corrected chi connectivity index (χ2v) is 9.38. The molecule has 6 nitrogen and oxygen atoms in total. The van der Waals surface area contributed by atoms with E-state index >= 15 is 0 Å². The Labute approximate surface area is 209 Å². The molecule has 2 N–H and O–H groups in total. The summed E-state index contributed by atoms with van der Waals surface area (Å²) in [5.41, 5.74) is 0.703. The van der Waals surface area contributed by atoms with Gasteiger partial charge in [0.1, 0.15) is 11.6 Å². The minimum absolute atomic E-state index is 0.0430. The van der Waals surface area contributed by atoms with Crippen LogP contribution in [0.1, 0.15) is 49.0 Å². The van der Waals surface area contributed by atoms with Crippen LogP contribution in [-0.4, -0.2) is 41.2 Å². The molecule has 0 aliphatic heterocycles. The number of ether oxygens (including phenoxy) is 1. The highest BCUT2D eigenvalue weighted by Gasteiger charge is 2.30. The monoisotopic (exact) mass is 498 g/mol. The number of carbonyl (C=O) groups excluding carboxylic acids is 2. The number of pyridine rings is 1. The van der Waals surface area contributed by atoms with Crippen molar-refractivity contribution in [3.8, 4) is 0 Å². The van der Waals surface area contributed by atoms with Gasteiger partial charge in [-0.3, -0.25) is 9.78 Å². The standard InChI is InChI=1S/C28H32F2N2O4/c1-17(2)9-10-20(27(34)31-3)15-23(33)24(13-18-7-5-4-6-8-18)36-28(35)21-14-19-11-12-22(29)25(30)26(19)32-16-21/h4-8,11-12,14,16-17,20,23-24,33H,9-10,13,15H2,1-3H3,(H,31,34)/t20-,23+,24+/m1/s1. The van der Waals surface area contributed by atoms with Crippen molar-refractivity contribution < 1.29 is 28.2 Å². The van der Waals surface area contributed by atoms with Crippen molar-refractivity contribution in [1.82, 2.24) is 10.3 Å². The van der Waals surface area contributed by atoms with Gasteiger partial charge in [0.15, 0.2) is 11.6 Å². The van der Waals surface area contributed by atoms with Gasteiger partial charge in [-0.15, -0.1) is 0 Å². The minimum Gasteiger partial charge on any atom is -0.456 e. The van der Waals surface area contributed by atoms with Crippen LogP contribution < -0.4 is 5.32 Å². The first-order valence-corrected chi connectivity index (χ1v) is 12.1. The quantitative estimate of drug-likeness (QED) is 0.370. The first-order valence-electron chi connectivity index (χ1n) is 12.1. The maximum absolute atomic E-state index is 14.0. The van der Waals surface area contributed by atoms with E-state index in [0.29, 0.717) is 12.3 Å². The van der Waals surface area contributed by atoms with Gasteiger partial charge in [0.05, 0.1) is 11.7 Å². The molecule has 0 fully saturated rings. The van der Waals surface area contributed by atoms with Crippen molar-refractivity contribution in [1.29, 1.82) is 0 Å². The van der Waals surface area contributed by atoms with Crippen molar-refractivity contribution >= 4 is 22.8 Å². The zero-order valence-corrected chi connectivity index (χ0v) is 20.7. The number of nitrogens with one attached hydrogen (secondary N) is 1. The van der Waals surface area contributed by atoms with Gasteiger partial charge < -0.3 is 15.2 Å². The third kappa shape index (κ3) is 7.07. The predicted octanol–water partition coefficient (Wildman–Crippen LogP) is 4.83. The van der Waals surface area contributed by atoms with E-state index in [0.717, 1.165) is 24.2 Å². The van der Waals surface area contributed by atoms with Crippen LogP contribution in [-0.2, 0) is 16.0 Å². The van der Waals surface area contributed by atoms with Crippen molar-refractivity contribution in [2.24, 2.45) is 11.8 Å². The molecule has 0 saturated carbocycles. The number of halogens is 2. The Kier molecular flexibility index (Phi) is 9.47. The summed E-state index contributed by atoms with van der Waals surface area (Å²) in [6.45, 7) is 4.13. The van der Waals surface area contributed by atoms with Gasteiger partial charge in [-0.25, -0.2) is 13.6 Å². The molecule has 0 aliphatic carbocycles. The highest BCUT2D eigenvalue weighted by atomic mass is 19.2. The molecule has 3 aromatic rings. The van der Waals surface area contributed by atoms with Crippen LogP contribution in [0.3, 0.4) is 0 Å². The lowest BCUT2D eigenvalue weighted by atomic mass is 9.89. The number of amides is 1. The number of aromatic nitrogens is 1. The summed E-state index contributed by atoms with van der Waals surface area (Å²) >= 11 is 0. The van der Waals surface area contributed by atoms with E-state index in [1.165, 1.54) is 12.1 Å². The summed E-state index contributed by atoms with van der Waals surface area (Å²) in [7, 11) is 1.56. The van der Waals surface area contributed by atoms with Crippen LogP contribution in [0, 0.1) is 23.5 Å². The smallest absolute Gasteiger partial charge is 0.340 e. The summed E-state index contributed by atoms with van der Waals surface area (Å²) in [5.74, 6) is -3.10. The maximum atomic E-state index is 14.0. The normalized spacial score (nSPS) is 13.9. The van der Waals surface area contributed by atoms with E-state index in [9.17, 15) is 23.5 Å². The molecule has 1 aromatic heterocycles. The number of hydrogen-bond acceptors (Lipinski definition) is 5. The van der Waals surface area contributed by atoms with Crippen molar-refractivity contribution in [2.45, 2.75) is 51.7 Å². The Morgan fingerprint density at radius 1 is 1.08 bits per heavy atom. The molecule has 1 heterocycles. The van der Waals surface area contributed by atoms with E-state index in [1.54, 1.807) is 7.05 Å². The topological polar surface area (TPSA) is 88.5 Å². The zero-order valence-electron chi connectivity index (χ0n) is 20.7. The van der Waals surface area contributed by atoms with Crippen LogP contribution in [0.5, 0.6) is 0 Å². The molecule has 3 rings (SSSR count). The number of carbonyl (C=O) groups is 2. The number of aliphatic hydroxyl groups excluding tert-OH is 1. The molecule has 0 radical (unpaired) electrons. The SMILES string of the molecule is CNC(=O)[C@H](CCC(C)C)C[C@H](O)[C@H](Cc1ccccc1)OC(=O)c1cnc2c(F)c(F)ccc2c1. The average molecular weight is 499 g/mol. The molecular formula is C28H32F2N2O4. The molecule has 2 aromatic carbocycles. The zero-order chi connectivity index (χ0) is 26.2. The van der Waals surface area contributed by atoms with E-state index in [-0.39, 0.29) is 35.2 Å². The van der Waals surface area contributed by atoms with Crippen LogP contribution >= 0.6 is 0 Å². The van der Waals surface area contributed by atoms with E-state index in [4.69, 9.17) is 4.74 Å². The van der Waals surface area contributed by atoms with E-state index in [1.807, 2.05) is 30.3 Å². The first kappa shape index (κ1) is 27.2. The Bertz CT molecular complexity index is 1190. The molecule has 3 atom stereocenters. The summed E-state index contributed by atoms with van der Waals surface area (Å²) in [6, 6.07) is 12.9. The minimum atomic E-state index is -1.11. The molecule has 36 heavy (non-hydrogen) atoms. The Morgan fingerprint density at radius 3 is 2.47 bits per heavy atom. The van der Waals surface area contributed by atoms with Gasteiger partial charge in [-0.1, -0.05) is 50.6 Å². The Hall–Kier alpha value is -3.39. The lowest BCUT2D eigenvalue weighted by Gasteiger charge is -2.27. The molecule has 0 bridgehead atoms. The van der Waals surface area contributed by atoms with Gasteiger partial charge in [0, 0.05) is 31.0 Å². The predicted molar refractivity (Wildman–Crippen MR) is 133 cm³/mol. The number of rotatable bonds is 11. The molecule has 0 spiro atoms. The highest BCUT2D eigenvalue weighted by Crippen LogP contribution is 2.24. The van der Waals surface area contributed by atoms with Crippen LogP contribution in [0.4, 0.5) is 8.78 Å². The molecule has 0 aliphatic rings. The molecule has 8 heteroatoms.